The lowest BCUT2D eigenvalue weighted by molar-refractivity contribution is 0.327. The fraction of sp³-hybridized carbons (Fsp3) is 0.238. The lowest BCUT2D eigenvalue weighted by Crippen LogP contribution is -2.17. The van der Waals surface area contributed by atoms with Crippen LogP contribution in [0.5, 0.6) is 0 Å². The summed E-state index contributed by atoms with van der Waals surface area (Å²) in [4.78, 5) is 2.09. The smallest absolute Gasteiger partial charge is 0.132 e. The van der Waals surface area contributed by atoms with Crippen LogP contribution in [0, 0.1) is 17.5 Å². The molecule has 27 heavy (non-hydrogen) atoms. The summed E-state index contributed by atoms with van der Waals surface area (Å²) >= 11 is 0. The maximum absolute atomic E-state index is 14.9. The molecule has 138 valence electrons. The van der Waals surface area contributed by atoms with E-state index in [4.69, 9.17) is 0 Å². The molecular formula is C21H18F3N3. The monoisotopic (exact) mass is 369 g/mol. The summed E-state index contributed by atoms with van der Waals surface area (Å²) in [5.74, 6) is -1.83. The second-order valence-corrected chi connectivity index (χ2v) is 6.88. The Labute approximate surface area is 155 Å². The molecule has 2 heterocycles. The third-order valence-electron chi connectivity index (χ3n) is 5.03. The molecule has 0 saturated heterocycles. The zero-order valence-electron chi connectivity index (χ0n) is 14.8. The molecule has 1 aliphatic heterocycles. The molecule has 0 fully saturated rings. The van der Waals surface area contributed by atoms with Crippen LogP contribution in [0.3, 0.4) is 0 Å². The number of fused-ring (bicyclic) bond motifs is 1. The molecule has 3 aromatic rings. The highest BCUT2D eigenvalue weighted by Gasteiger charge is 2.27. The summed E-state index contributed by atoms with van der Waals surface area (Å²) in [6, 6.07) is 10.0. The molecule has 4 rings (SSSR count). The number of aromatic nitrogens is 2. The van der Waals surface area contributed by atoms with Gasteiger partial charge in [-0.15, -0.1) is 0 Å². The summed E-state index contributed by atoms with van der Waals surface area (Å²) in [5.41, 5.74) is 2.63. The summed E-state index contributed by atoms with van der Waals surface area (Å²) in [6.07, 6.45) is 2.11. The first kappa shape index (κ1) is 17.7. The van der Waals surface area contributed by atoms with Gasteiger partial charge in [0.15, 0.2) is 0 Å². The van der Waals surface area contributed by atoms with E-state index in [0.29, 0.717) is 36.3 Å². The third-order valence-corrected chi connectivity index (χ3v) is 5.03. The molecule has 0 spiro atoms. The second-order valence-electron chi connectivity index (χ2n) is 6.88. The van der Waals surface area contributed by atoms with Crippen LogP contribution in [0.4, 0.5) is 13.2 Å². The van der Waals surface area contributed by atoms with Crippen molar-refractivity contribution < 1.29 is 13.2 Å². The number of halogens is 3. The fourth-order valence-electron chi connectivity index (χ4n) is 3.72. The molecule has 0 aliphatic carbocycles. The SMILES string of the molecule is CN1CCC(c2cc(F)ccc2F)c2cc(F)c(-c3cccnn3)cc2C1. The summed E-state index contributed by atoms with van der Waals surface area (Å²) in [5, 5.41) is 7.80. The first-order valence-corrected chi connectivity index (χ1v) is 8.77. The fourth-order valence-corrected chi connectivity index (χ4v) is 3.72. The van der Waals surface area contributed by atoms with Gasteiger partial charge in [0.2, 0.25) is 0 Å². The van der Waals surface area contributed by atoms with Gasteiger partial charge in [-0.2, -0.15) is 10.2 Å². The quantitative estimate of drug-likeness (QED) is 0.665. The molecule has 0 saturated carbocycles. The van der Waals surface area contributed by atoms with Gasteiger partial charge in [0.1, 0.15) is 17.5 Å². The number of benzene rings is 2. The summed E-state index contributed by atoms with van der Waals surface area (Å²) in [6.45, 7) is 1.29. The van der Waals surface area contributed by atoms with Crippen molar-refractivity contribution in [1.82, 2.24) is 15.1 Å². The Bertz CT molecular complexity index is 976. The number of rotatable bonds is 2. The molecule has 6 heteroatoms. The Morgan fingerprint density at radius 2 is 1.85 bits per heavy atom. The van der Waals surface area contributed by atoms with Crippen LogP contribution in [0.2, 0.25) is 0 Å². The van der Waals surface area contributed by atoms with Crippen molar-refractivity contribution in [1.29, 1.82) is 0 Å². The van der Waals surface area contributed by atoms with Crippen molar-refractivity contribution in [2.75, 3.05) is 13.6 Å². The van der Waals surface area contributed by atoms with E-state index in [0.717, 1.165) is 17.7 Å². The van der Waals surface area contributed by atoms with Gasteiger partial charge in [0, 0.05) is 24.2 Å². The number of hydrogen-bond acceptors (Lipinski definition) is 3. The molecule has 1 aromatic heterocycles. The minimum Gasteiger partial charge on any atom is -0.302 e. The van der Waals surface area contributed by atoms with E-state index in [1.54, 1.807) is 18.2 Å². The zero-order valence-corrected chi connectivity index (χ0v) is 14.8. The minimum absolute atomic E-state index is 0.262. The van der Waals surface area contributed by atoms with Crippen LogP contribution in [-0.4, -0.2) is 28.7 Å². The molecular weight excluding hydrogens is 351 g/mol. The van der Waals surface area contributed by atoms with Crippen molar-refractivity contribution in [3.8, 4) is 11.3 Å². The molecule has 3 nitrogen and oxygen atoms in total. The van der Waals surface area contributed by atoms with Crippen molar-refractivity contribution >= 4 is 0 Å². The van der Waals surface area contributed by atoms with Crippen LogP contribution >= 0.6 is 0 Å². The highest BCUT2D eigenvalue weighted by molar-refractivity contribution is 5.62. The van der Waals surface area contributed by atoms with E-state index >= 15 is 0 Å². The standard InChI is InChI=1S/C21H18F3N3/c1-27-8-6-15(17-10-14(22)4-5-19(17)23)16-11-20(24)18(9-13(16)12-27)21-3-2-7-25-26-21/h2-5,7,9-11,15H,6,8,12H2,1H3. The number of hydrogen-bond donors (Lipinski definition) is 0. The van der Waals surface area contributed by atoms with Gasteiger partial charge < -0.3 is 4.90 Å². The molecule has 1 atom stereocenters. The first-order chi connectivity index (χ1) is 13.0. The lowest BCUT2D eigenvalue weighted by Gasteiger charge is -2.20. The highest BCUT2D eigenvalue weighted by Crippen LogP contribution is 2.38. The lowest BCUT2D eigenvalue weighted by atomic mass is 9.85. The second kappa shape index (κ2) is 7.12. The van der Waals surface area contributed by atoms with E-state index in [2.05, 4.69) is 15.1 Å². The Balaban J connectivity index is 1.87. The molecule has 1 unspecified atom stereocenters. The predicted octanol–water partition coefficient (Wildman–Crippen LogP) is 4.53. The molecule has 0 N–H and O–H groups in total. The van der Waals surface area contributed by atoms with E-state index in [9.17, 15) is 13.2 Å². The van der Waals surface area contributed by atoms with Gasteiger partial charge >= 0.3 is 0 Å². The van der Waals surface area contributed by atoms with Gasteiger partial charge in [0.05, 0.1) is 5.69 Å². The van der Waals surface area contributed by atoms with Crippen molar-refractivity contribution in [3.05, 3.63) is 82.8 Å². The maximum Gasteiger partial charge on any atom is 0.132 e. The normalized spacial score (nSPS) is 17.4. The summed E-state index contributed by atoms with van der Waals surface area (Å²) < 4.78 is 43.1. The van der Waals surface area contributed by atoms with Crippen LogP contribution in [-0.2, 0) is 6.54 Å². The van der Waals surface area contributed by atoms with E-state index in [-0.39, 0.29) is 5.56 Å². The van der Waals surface area contributed by atoms with Gasteiger partial charge in [-0.05, 0) is 79.2 Å². The van der Waals surface area contributed by atoms with Gasteiger partial charge in [0.25, 0.3) is 0 Å². The van der Waals surface area contributed by atoms with E-state index in [1.165, 1.54) is 18.3 Å². The van der Waals surface area contributed by atoms with E-state index < -0.39 is 23.4 Å². The van der Waals surface area contributed by atoms with E-state index in [1.807, 2.05) is 7.05 Å². The van der Waals surface area contributed by atoms with Crippen molar-refractivity contribution in [3.63, 3.8) is 0 Å². The van der Waals surface area contributed by atoms with Crippen molar-refractivity contribution in [2.24, 2.45) is 0 Å². The highest BCUT2D eigenvalue weighted by atomic mass is 19.1. The predicted molar refractivity (Wildman–Crippen MR) is 96.6 cm³/mol. The van der Waals surface area contributed by atoms with Crippen LogP contribution in [0.1, 0.15) is 29.0 Å². The van der Waals surface area contributed by atoms with Crippen LogP contribution in [0.25, 0.3) is 11.3 Å². The third kappa shape index (κ3) is 3.45. The molecule has 0 bridgehead atoms. The van der Waals surface area contributed by atoms with Gasteiger partial charge in [-0.25, -0.2) is 13.2 Å². The Morgan fingerprint density at radius 3 is 2.63 bits per heavy atom. The van der Waals surface area contributed by atoms with Gasteiger partial charge in [-0.3, -0.25) is 0 Å². The topological polar surface area (TPSA) is 29.0 Å². The molecule has 0 amide bonds. The molecule has 2 aromatic carbocycles. The van der Waals surface area contributed by atoms with Gasteiger partial charge in [-0.1, -0.05) is 0 Å². The zero-order chi connectivity index (χ0) is 19.0. The number of nitrogens with zero attached hydrogens (tertiary/aromatic N) is 3. The maximum atomic E-state index is 14.9. The Kier molecular flexibility index (Phi) is 4.66. The molecule has 1 aliphatic rings. The van der Waals surface area contributed by atoms with Crippen LogP contribution < -0.4 is 0 Å². The average molecular weight is 369 g/mol. The largest absolute Gasteiger partial charge is 0.302 e. The first-order valence-electron chi connectivity index (χ1n) is 8.77. The average Bonchev–Trinajstić information content (AvgIpc) is 2.82. The minimum atomic E-state index is -0.498. The Hall–Kier alpha value is -2.73. The Morgan fingerprint density at radius 1 is 1.00 bits per heavy atom. The summed E-state index contributed by atoms with van der Waals surface area (Å²) in [7, 11) is 1.96. The molecule has 0 radical (unpaired) electrons. The van der Waals surface area contributed by atoms with Crippen LogP contribution in [0.15, 0.2) is 48.7 Å². The van der Waals surface area contributed by atoms with Crippen molar-refractivity contribution in [2.45, 2.75) is 18.9 Å².